The van der Waals surface area contributed by atoms with Gasteiger partial charge in [0.15, 0.2) is 0 Å². The van der Waals surface area contributed by atoms with Crippen molar-refractivity contribution in [3.63, 3.8) is 0 Å². The summed E-state index contributed by atoms with van der Waals surface area (Å²) in [5.41, 5.74) is 33.8. The maximum absolute atomic E-state index is 4.14. The molecule has 500 valence electrons. The molecule has 0 fully saturated rings. The minimum absolute atomic E-state index is 0.0673. The van der Waals surface area contributed by atoms with Crippen LogP contribution >= 0.6 is 0 Å². The van der Waals surface area contributed by atoms with Gasteiger partial charge in [0.25, 0.3) is 0 Å². The maximum atomic E-state index is 4.14. The number of fused-ring (bicyclic) bond motifs is 17. The van der Waals surface area contributed by atoms with E-state index >= 15 is 0 Å². The monoisotopic (exact) mass is 1340 g/mol. The molecule has 5 atom stereocenters. The Morgan fingerprint density at radius 1 is 0.390 bits per heavy atom. The molecule has 2 nitrogen and oxygen atoms in total. The Kier molecular flexibility index (Phi) is 14.5. The molecule has 6 aliphatic carbocycles. The fourth-order valence-electron chi connectivity index (χ4n) is 19.9. The molecule has 2 heteroatoms. The van der Waals surface area contributed by atoms with Crippen LogP contribution in [-0.4, -0.2) is 0 Å². The standard InChI is InChI=1S/C103H78N2/c1-5-69-41-45-71(46-42-69)65-101(75-49-37-67(3)38-50-75)91-31-15-11-27-83(91)87-57-53-77(61-95(87)101)104(99-35-19-23-73-21-7-9-25-81(73)99)79-55-59-89-85-29-13-17-33-93(85)103(97(89)63-79)94-34-18-14-30-86(94)90-60-56-80(64-98(90)103)105(100-36-20-24-74-22-8-10-26-82(74)100)78-54-58-88-84-28-12-16-32-92(84)102(96(88)62-78,76-51-39-68(4)40-52-76)66-72-47-43-70(6-2)44-48-72/h5-15,17-31,33-64,86,94H,1-2,16,32,65-66H2,3-4H3. The van der Waals surface area contributed by atoms with Crippen molar-refractivity contribution < 1.29 is 0 Å². The molecule has 0 N–H and O–H groups in total. The number of nitrogens with zero attached hydrogens (tertiary/aromatic N) is 2. The van der Waals surface area contributed by atoms with Crippen molar-refractivity contribution in [3.05, 3.63) is 448 Å². The molecule has 1 spiro atoms. The van der Waals surface area contributed by atoms with Crippen LogP contribution in [0.5, 0.6) is 0 Å². The number of benzene rings is 14. The van der Waals surface area contributed by atoms with Crippen molar-refractivity contribution in [2.24, 2.45) is 5.92 Å². The molecule has 0 saturated heterocycles. The van der Waals surface area contributed by atoms with E-state index in [1.807, 2.05) is 12.2 Å². The molecular formula is C103H78N2. The molecule has 5 unspecified atom stereocenters. The second-order valence-corrected chi connectivity index (χ2v) is 30.0. The van der Waals surface area contributed by atoms with Gasteiger partial charge >= 0.3 is 0 Å². The Bertz CT molecular complexity index is 6050. The van der Waals surface area contributed by atoms with Gasteiger partial charge in [0.05, 0.1) is 22.2 Å². The lowest BCUT2D eigenvalue weighted by Crippen LogP contribution is -2.33. The van der Waals surface area contributed by atoms with Gasteiger partial charge in [0, 0.05) is 50.8 Å². The smallest absolute Gasteiger partial charge is 0.0540 e. The first-order valence-electron chi connectivity index (χ1n) is 37.4. The molecule has 0 heterocycles. The Labute approximate surface area is 616 Å². The highest BCUT2D eigenvalue weighted by molar-refractivity contribution is 6.03. The molecule has 0 bridgehead atoms. The Morgan fingerprint density at radius 2 is 0.848 bits per heavy atom. The Balaban J connectivity index is 0.811. The van der Waals surface area contributed by atoms with E-state index in [0.29, 0.717) is 0 Å². The quantitative estimate of drug-likeness (QED) is 0.107. The second-order valence-electron chi connectivity index (χ2n) is 30.0. The van der Waals surface area contributed by atoms with Gasteiger partial charge in [-0.25, -0.2) is 0 Å². The van der Waals surface area contributed by atoms with E-state index in [4.69, 9.17) is 0 Å². The van der Waals surface area contributed by atoms with Crippen LogP contribution < -0.4 is 9.80 Å². The normalized spacial score (nSPS) is 19.4. The Morgan fingerprint density at radius 3 is 1.45 bits per heavy atom. The summed E-state index contributed by atoms with van der Waals surface area (Å²) in [4.78, 5) is 5.20. The van der Waals surface area contributed by atoms with Gasteiger partial charge in [0.1, 0.15) is 0 Å². The van der Waals surface area contributed by atoms with Crippen LogP contribution in [0.25, 0.3) is 61.5 Å². The zero-order valence-electron chi connectivity index (χ0n) is 59.3. The lowest BCUT2D eigenvalue weighted by atomic mass is 9.65. The average molecular weight is 1340 g/mol. The molecule has 0 saturated carbocycles. The molecule has 0 aromatic heterocycles. The summed E-state index contributed by atoms with van der Waals surface area (Å²) in [6.45, 7) is 12.7. The van der Waals surface area contributed by atoms with Gasteiger partial charge in [-0.05, 0) is 222 Å². The summed E-state index contributed by atoms with van der Waals surface area (Å²) in [5.74, 6) is 0.182. The summed E-state index contributed by atoms with van der Waals surface area (Å²) in [5, 5.41) is 4.79. The van der Waals surface area contributed by atoms with Crippen molar-refractivity contribution in [2.75, 3.05) is 9.80 Å². The first-order chi connectivity index (χ1) is 51.7. The van der Waals surface area contributed by atoms with Gasteiger partial charge in [-0.3, -0.25) is 0 Å². The van der Waals surface area contributed by atoms with Gasteiger partial charge in [-0.2, -0.15) is 0 Å². The van der Waals surface area contributed by atoms with Crippen LogP contribution in [0.1, 0.15) is 108 Å². The van der Waals surface area contributed by atoms with Gasteiger partial charge in [-0.15, -0.1) is 0 Å². The van der Waals surface area contributed by atoms with E-state index in [-0.39, 0.29) is 11.8 Å². The maximum Gasteiger partial charge on any atom is 0.0540 e. The van der Waals surface area contributed by atoms with E-state index in [1.165, 1.54) is 133 Å². The lowest BCUT2D eigenvalue weighted by Gasteiger charge is -2.38. The van der Waals surface area contributed by atoms with Crippen LogP contribution in [0.3, 0.4) is 0 Å². The van der Waals surface area contributed by atoms with Gasteiger partial charge in [0.2, 0.25) is 0 Å². The van der Waals surface area contributed by atoms with Crippen molar-refractivity contribution in [1.82, 2.24) is 0 Å². The lowest BCUT2D eigenvalue weighted by molar-refractivity contribution is 0.465. The molecule has 0 amide bonds. The predicted molar refractivity (Wildman–Crippen MR) is 441 cm³/mol. The summed E-state index contributed by atoms with van der Waals surface area (Å²) < 4.78 is 0. The second kappa shape index (κ2) is 24.4. The third-order valence-electron chi connectivity index (χ3n) is 24.6. The summed E-state index contributed by atoms with van der Waals surface area (Å²) in [7, 11) is 0. The molecule has 14 aromatic rings. The number of allylic oxidation sites excluding steroid dienone is 8. The van der Waals surface area contributed by atoms with E-state index in [1.54, 1.807) is 0 Å². The fourth-order valence-corrected chi connectivity index (χ4v) is 19.9. The van der Waals surface area contributed by atoms with Crippen LogP contribution in [-0.2, 0) is 29.1 Å². The third kappa shape index (κ3) is 9.42. The molecule has 0 aliphatic heterocycles. The molecule has 14 aromatic carbocycles. The van der Waals surface area contributed by atoms with Crippen molar-refractivity contribution in [1.29, 1.82) is 0 Å². The molecule has 105 heavy (non-hydrogen) atoms. The number of rotatable bonds is 14. The van der Waals surface area contributed by atoms with Crippen LogP contribution in [0.2, 0.25) is 0 Å². The van der Waals surface area contributed by atoms with Crippen molar-refractivity contribution in [2.45, 2.75) is 61.7 Å². The fraction of sp³-hybridized carbons (Fsp3) is 0.107. The zero-order valence-corrected chi connectivity index (χ0v) is 59.3. The van der Waals surface area contributed by atoms with E-state index in [0.717, 1.165) is 70.9 Å². The van der Waals surface area contributed by atoms with Crippen LogP contribution in [0.4, 0.5) is 34.1 Å². The van der Waals surface area contributed by atoms with E-state index < -0.39 is 16.2 Å². The zero-order chi connectivity index (χ0) is 70.1. The summed E-state index contributed by atoms with van der Waals surface area (Å²) >= 11 is 0. The van der Waals surface area contributed by atoms with Crippen LogP contribution in [0, 0.1) is 19.8 Å². The molecule has 20 rings (SSSR count). The minimum atomic E-state index is -0.607. The topological polar surface area (TPSA) is 6.48 Å². The van der Waals surface area contributed by atoms with Crippen LogP contribution in [0.15, 0.2) is 359 Å². The summed E-state index contributed by atoms with van der Waals surface area (Å²) in [6, 6.07) is 117. The van der Waals surface area contributed by atoms with E-state index in [9.17, 15) is 0 Å². The molecule has 0 radical (unpaired) electrons. The predicted octanol–water partition coefficient (Wildman–Crippen LogP) is 26.2. The largest absolute Gasteiger partial charge is 0.310 e. The van der Waals surface area contributed by atoms with Crippen molar-refractivity contribution >= 4 is 73.4 Å². The number of anilines is 6. The van der Waals surface area contributed by atoms with Gasteiger partial charge < -0.3 is 9.80 Å². The first kappa shape index (κ1) is 62.4. The highest BCUT2D eigenvalue weighted by Crippen LogP contribution is 2.67. The first-order valence-corrected chi connectivity index (χ1v) is 37.4. The Hall–Kier alpha value is -12.4. The molecular weight excluding hydrogens is 1270 g/mol. The third-order valence-corrected chi connectivity index (χ3v) is 24.6. The summed E-state index contributed by atoms with van der Waals surface area (Å²) in [6.07, 6.45) is 22.0. The highest BCUT2D eigenvalue weighted by atomic mass is 15.2. The van der Waals surface area contributed by atoms with Gasteiger partial charge in [-0.1, -0.05) is 316 Å². The highest BCUT2D eigenvalue weighted by Gasteiger charge is 2.58. The minimum Gasteiger partial charge on any atom is -0.310 e. The van der Waals surface area contributed by atoms with E-state index in [2.05, 4.69) is 377 Å². The molecule has 6 aliphatic rings. The number of hydrogen-bond donors (Lipinski definition) is 0. The average Bonchev–Trinajstić information content (AvgIpc) is 1.51. The van der Waals surface area contributed by atoms with Crippen molar-refractivity contribution in [3.8, 4) is 22.3 Å². The number of hydrogen-bond acceptors (Lipinski definition) is 2. The SMILES string of the molecule is C=Cc1ccc(CC2(c3ccc(C)cc3)C3=C(C=CCC3)c3ccc(N(c4ccc5c(c4)C4(c6ccccc6-c6ccc(N(c7ccc8c(c7)C(Cc7ccc(C=C)cc7)(c7ccc(C)cc7)c7ccccc7-8)c7cccc8ccccc78)cc64)C4C=CC=CC54)c4cccc5ccccc45)cc32)cc1. The number of aryl methyl sites for hydroxylation is 2.